The number of carbonyl (C=O) groups excluding carboxylic acids is 1. The number of hydrogen-bond donors (Lipinski definition) is 0. The Kier molecular flexibility index (Phi) is 2.72. The first-order valence-corrected chi connectivity index (χ1v) is 5.38. The summed E-state index contributed by atoms with van der Waals surface area (Å²) >= 11 is 1.58. The van der Waals surface area contributed by atoms with E-state index in [0.29, 0.717) is 11.5 Å². The van der Waals surface area contributed by atoms with E-state index in [1.54, 1.807) is 11.8 Å². The quantitative estimate of drug-likeness (QED) is 0.507. The standard InChI is InChI=1S/C5H8O2S2/c6-5-3-8-1-2-9(7)4-5/h1-4H2. The first-order valence-electron chi connectivity index (χ1n) is 2.73. The van der Waals surface area contributed by atoms with Gasteiger partial charge in [0, 0.05) is 22.3 Å². The summed E-state index contributed by atoms with van der Waals surface area (Å²) in [5.41, 5.74) is 0. The molecule has 2 nitrogen and oxygen atoms in total. The molecular formula is C5H8O2S2. The lowest BCUT2D eigenvalue weighted by molar-refractivity contribution is -0.114. The number of thioether (sulfide) groups is 1. The lowest BCUT2D eigenvalue weighted by atomic mass is 10.5. The molecule has 1 rings (SSSR count). The maximum absolute atomic E-state index is 10.8. The van der Waals surface area contributed by atoms with Gasteiger partial charge in [-0.1, -0.05) is 0 Å². The van der Waals surface area contributed by atoms with Crippen LogP contribution in [0.2, 0.25) is 0 Å². The van der Waals surface area contributed by atoms with Crippen molar-refractivity contribution < 1.29 is 9.00 Å². The van der Waals surface area contributed by atoms with Crippen LogP contribution in [0.1, 0.15) is 0 Å². The first-order chi connectivity index (χ1) is 4.29. The molecule has 0 spiro atoms. The average molecular weight is 164 g/mol. The molecule has 0 aromatic heterocycles. The molecule has 0 bridgehead atoms. The van der Waals surface area contributed by atoms with Crippen LogP contribution in [0.3, 0.4) is 0 Å². The molecule has 1 aliphatic heterocycles. The van der Waals surface area contributed by atoms with Crippen LogP contribution in [0.5, 0.6) is 0 Å². The second-order valence-corrected chi connectivity index (χ2v) is 4.56. The van der Waals surface area contributed by atoms with Crippen LogP contribution in [-0.4, -0.2) is 33.0 Å². The van der Waals surface area contributed by atoms with Crippen molar-refractivity contribution >= 4 is 28.3 Å². The molecule has 0 aromatic carbocycles. The van der Waals surface area contributed by atoms with Crippen LogP contribution >= 0.6 is 11.8 Å². The number of carbonyl (C=O) groups is 1. The predicted molar refractivity (Wildman–Crippen MR) is 40.2 cm³/mol. The van der Waals surface area contributed by atoms with Crippen molar-refractivity contribution in [2.24, 2.45) is 0 Å². The number of rotatable bonds is 0. The highest BCUT2D eigenvalue weighted by molar-refractivity contribution is 8.01. The molecular weight excluding hydrogens is 156 g/mol. The van der Waals surface area contributed by atoms with Crippen LogP contribution in [0.4, 0.5) is 0 Å². The third-order valence-electron chi connectivity index (χ3n) is 1.04. The number of hydrogen-bond acceptors (Lipinski definition) is 3. The summed E-state index contributed by atoms with van der Waals surface area (Å²) in [7, 11) is -0.858. The fourth-order valence-electron chi connectivity index (χ4n) is 0.631. The Bertz CT molecular complexity index is 128. The van der Waals surface area contributed by atoms with Gasteiger partial charge in [-0.3, -0.25) is 9.00 Å². The van der Waals surface area contributed by atoms with Gasteiger partial charge in [-0.2, -0.15) is 11.8 Å². The van der Waals surface area contributed by atoms with Crippen LogP contribution in [0.15, 0.2) is 0 Å². The summed E-state index contributed by atoms with van der Waals surface area (Å²) in [6, 6.07) is 0. The molecule has 1 saturated heterocycles. The molecule has 0 aliphatic carbocycles. The maximum atomic E-state index is 10.8. The third kappa shape index (κ3) is 2.49. The topological polar surface area (TPSA) is 34.1 Å². The Morgan fingerprint density at radius 1 is 1.56 bits per heavy atom. The van der Waals surface area contributed by atoms with Gasteiger partial charge in [0.2, 0.25) is 0 Å². The van der Waals surface area contributed by atoms with E-state index in [0.717, 1.165) is 5.75 Å². The van der Waals surface area contributed by atoms with Crippen LogP contribution in [0.25, 0.3) is 0 Å². The van der Waals surface area contributed by atoms with Crippen molar-refractivity contribution in [1.29, 1.82) is 0 Å². The molecule has 4 heteroatoms. The van der Waals surface area contributed by atoms with E-state index in [4.69, 9.17) is 0 Å². The Morgan fingerprint density at radius 3 is 3.11 bits per heavy atom. The van der Waals surface area contributed by atoms with Gasteiger partial charge in [0.15, 0.2) is 5.78 Å². The molecule has 1 heterocycles. The summed E-state index contributed by atoms with van der Waals surface area (Å²) < 4.78 is 10.8. The molecule has 1 fully saturated rings. The Labute approximate surface area is 60.9 Å². The zero-order valence-electron chi connectivity index (χ0n) is 4.96. The molecule has 0 N–H and O–H groups in total. The highest BCUT2D eigenvalue weighted by Crippen LogP contribution is 2.05. The largest absolute Gasteiger partial charge is 0.298 e. The molecule has 1 aliphatic rings. The van der Waals surface area contributed by atoms with E-state index >= 15 is 0 Å². The second-order valence-electron chi connectivity index (χ2n) is 1.88. The van der Waals surface area contributed by atoms with E-state index < -0.39 is 10.8 Å². The molecule has 0 radical (unpaired) electrons. The lowest BCUT2D eigenvalue weighted by Gasteiger charge is -1.88. The van der Waals surface area contributed by atoms with Gasteiger partial charge in [-0.05, 0) is 0 Å². The maximum Gasteiger partial charge on any atom is 0.155 e. The van der Waals surface area contributed by atoms with Crippen molar-refractivity contribution in [3.63, 3.8) is 0 Å². The van der Waals surface area contributed by atoms with Crippen molar-refractivity contribution in [1.82, 2.24) is 0 Å². The molecule has 0 amide bonds. The second kappa shape index (κ2) is 3.37. The Balaban J connectivity index is 2.47. The molecule has 1 unspecified atom stereocenters. The van der Waals surface area contributed by atoms with Crippen molar-refractivity contribution in [2.75, 3.05) is 23.0 Å². The van der Waals surface area contributed by atoms with Gasteiger partial charge in [0.25, 0.3) is 0 Å². The predicted octanol–water partition coefficient (Wildman–Crippen LogP) is 0.0510. The van der Waals surface area contributed by atoms with E-state index in [9.17, 15) is 9.00 Å². The molecule has 0 aromatic rings. The Morgan fingerprint density at radius 2 is 2.33 bits per heavy atom. The molecule has 52 valence electrons. The van der Waals surface area contributed by atoms with Crippen LogP contribution in [-0.2, 0) is 15.6 Å². The normalized spacial score (nSPS) is 29.8. The SMILES string of the molecule is O=C1CSCCS(=O)C1. The highest BCUT2D eigenvalue weighted by Gasteiger charge is 2.11. The van der Waals surface area contributed by atoms with Crippen molar-refractivity contribution in [3.8, 4) is 0 Å². The summed E-state index contributed by atoms with van der Waals surface area (Å²) in [5.74, 6) is 2.55. The van der Waals surface area contributed by atoms with Gasteiger partial charge in [-0.25, -0.2) is 0 Å². The zero-order valence-corrected chi connectivity index (χ0v) is 6.59. The van der Waals surface area contributed by atoms with Gasteiger partial charge in [-0.15, -0.1) is 0 Å². The molecule has 9 heavy (non-hydrogen) atoms. The summed E-state index contributed by atoms with van der Waals surface area (Å²) in [6.45, 7) is 0. The van der Waals surface area contributed by atoms with Gasteiger partial charge in [0.05, 0.1) is 11.5 Å². The number of ketones is 1. The van der Waals surface area contributed by atoms with E-state index in [2.05, 4.69) is 0 Å². The van der Waals surface area contributed by atoms with Crippen LogP contribution in [0, 0.1) is 0 Å². The van der Waals surface area contributed by atoms with Gasteiger partial charge >= 0.3 is 0 Å². The van der Waals surface area contributed by atoms with Crippen molar-refractivity contribution in [2.45, 2.75) is 0 Å². The summed E-state index contributed by atoms with van der Waals surface area (Å²) in [4.78, 5) is 10.7. The van der Waals surface area contributed by atoms with Gasteiger partial charge < -0.3 is 0 Å². The van der Waals surface area contributed by atoms with Crippen LogP contribution < -0.4 is 0 Å². The first kappa shape index (κ1) is 7.28. The minimum Gasteiger partial charge on any atom is -0.298 e. The monoisotopic (exact) mass is 164 g/mol. The molecule has 0 saturated carbocycles. The van der Waals surface area contributed by atoms with E-state index in [1.165, 1.54) is 0 Å². The minimum atomic E-state index is -0.858. The number of Topliss-reactive ketones (excluding diaryl/α,β-unsaturated/α-hetero) is 1. The average Bonchev–Trinajstić information content (AvgIpc) is 1.93. The highest BCUT2D eigenvalue weighted by atomic mass is 32.2. The van der Waals surface area contributed by atoms with Gasteiger partial charge in [0.1, 0.15) is 0 Å². The zero-order chi connectivity index (χ0) is 6.69. The van der Waals surface area contributed by atoms with E-state index in [-0.39, 0.29) is 11.5 Å². The minimum absolute atomic E-state index is 0.135. The molecule has 1 atom stereocenters. The summed E-state index contributed by atoms with van der Waals surface area (Å²) in [5, 5.41) is 0. The lowest BCUT2D eigenvalue weighted by Crippen LogP contribution is -2.10. The smallest absolute Gasteiger partial charge is 0.155 e. The third-order valence-corrected chi connectivity index (χ3v) is 3.62. The Hall–Kier alpha value is 0.170. The van der Waals surface area contributed by atoms with E-state index in [1.807, 2.05) is 0 Å². The van der Waals surface area contributed by atoms with Crippen molar-refractivity contribution in [3.05, 3.63) is 0 Å². The fraction of sp³-hybridized carbons (Fsp3) is 0.800. The summed E-state index contributed by atoms with van der Waals surface area (Å²) in [6.07, 6.45) is 0. The fourth-order valence-corrected chi connectivity index (χ4v) is 3.06.